The molecule has 35 heavy (non-hydrogen) atoms. The van der Waals surface area contributed by atoms with Gasteiger partial charge in [0.25, 0.3) is 0 Å². The zero-order chi connectivity index (χ0) is 25.5. The molecule has 0 aliphatic carbocycles. The molecule has 3 rings (SSSR count). The van der Waals surface area contributed by atoms with Crippen molar-refractivity contribution >= 4 is 27.1 Å². The summed E-state index contributed by atoms with van der Waals surface area (Å²) in [6, 6.07) is 7.52. The Bertz CT molecular complexity index is 1190. The SMILES string of the molecule is CCCCCCCCCCCCS(=O)(=O)Cc1cccc(-c2nn3nc(C(C)(C)C)c(Cl)c3[nH]2)c1. The van der Waals surface area contributed by atoms with Gasteiger partial charge < -0.3 is 4.98 Å². The fourth-order valence-corrected chi connectivity index (χ4v) is 6.27. The predicted octanol–water partition coefficient (Wildman–Crippen LogP) is 7.51. The van der Waals surface area contributed by atoms with Gasteiger partial charge in [0.15, 0.2) is 21.3 Å². The minimum atomic E-state index is -3.15. The first-order valence-corrected chi connectivity index (χ1v) is 15.3. The highest BCUT2D eigenvalue weighted by molar-refractivity contribution is 7.90. The molecule has 0 bridgehead atoms. The van der Waals surface area contributed by atoms with Crippen LogP contribution in [0.25, 0.3) is 17.0 Å². The van der Waals surface area contributed by atoms with Gasteiger partial charge in [-0.1, -0.05) is 115 Å². The van der Waals surface area contributed by atoms with Crippen molar-refractivity contribution in [3.05, 3.63) is 40.5 Å². The molecule has 0 unspecified atom stereocenters. The van der Waals surface area contributed by atoms with E-state index in [-0.39, 0.29) is 16.9 Å². The first-order chi connectivity index (χ1) is 16.6. The summed E-state index contributed by atoms with van der Waals surface area (Å²) in [5, 5.41) is 9.63. The monoisotopic (exact) mass is 520 g/mol. The Balaban J connectivity index is 1.51. The van der Waals surface area contributed by atoms with Gasteiger partial charge in [0, 0.05) is 11.0 Å². The lowest BCUT2D eigenvalue weighted by Crippen LogP contribution is -2.13. The highest BCUT2D eigenvalue weighted by Gasteiger charge is 2.25. The van der Waals surface area contributed by atoms with Crippen LogP contribution < -0.4 is 0 Å². The number of fused-ring (bicyclic) bond motifs is 1. The Morgan fingerprint density at radius 3 is 2.17 bits per heavy atom. The Hall–Kier alpha value is -1.86. The summed E-state index contributed by atoms with van der Waals surface area (Å²) in [7, 11) is -3.15. The second-order valence-electron chi connectivity index (χ2n) is 10.7. The molecule has 3 aromatic rings. The minimum Gasteiger partial charge on any atom is -0.320 e. The van der Waals surface area contributed by atoms with Crippen molar-refractivity contribution in [2.24, 2.45) is 0 Å². The van der Waals surface area contributed by atoms with E-state index >= 15 is 0 Å². The van der Waals surface area contributed by atoms with Gasteiger partial charge in [-0.3, -0.25) is 0 Å². The first kappa shape index (κ1) is 27.7. The van der Waals surface area contributed by atoms with Crippen LogP contribution in [0.5, 0.6) is 0 Å². The number of unbranched alkanes of at least 4 members (excludes halogenated alkanes) is 9. The standard InChI is InChI=1S/C27H41ClN4O2S/c1-5-6-7-8-9-10-11-12-13-14-18-35(33,34)20-21-16-15-17-22(19-21)25-29-26-23(28)24(27(2,3)4)30-32(26)31-25/h15-17,19H,5-14,18,20H2,1-4H3,(H,29,31). The fourth-order valence-electron chi connectivity index (χ4n) is 4.35. The van der Waals surface area contributed by atoms with Gasteiger partial charge in [0.1, 0.15) is 5.02 Å². The number of aromatic amines is 1. The molecule has 0 saturated carbocycles. The summed E-state index contributed by atoms with van der Waals surface area (Å²) in [4.78, 5) is 3.24. The topological polar surface area (TPSA) is 80.1 Å². The van der Waals surface area contributed by atoms with E-state index in [2.05, 4.69) is 42.9 Å². The maximum Gasteiger partial charge on any atom is 0.175 e. The molecule has 2 heterocycles. The summed E-state index contributed by atoms with van der Waals surface area (Å²) in [5.74, 6) is 0.905. The zero-order valence-electron chi connectivity index (χ0n) is 21.7. The normalized spacial score (nSPS) is 12.6. The number of rotatable bonds is 14. The summed E-state index contributed by atoms with van der Waals surface area (Å²) in [6.07, 6.45) is 11.9. The maximum atomic E-state index is 12.7. The average molecular weight is 521 g/mol. The molecule has 0 radical (unpaired) electrons. The van der Waals surface area contributed by atoms with E-state index in [4.69, 9.17) is 11.6 Å². The van der Waals surface area contributed by atoms with Gasteiger partial charge in [-0.25, -0.2) is 8.42 Å². The van der Waals surface area contributed by atoms with Crippen LogP contribution in [0.3, 0.4) is 0 Å². The molecular weight excluding hydrogens is 480 g/mol. The maximum absolute atomic E-state index is 12.7. The van der Waals surface area contributed by atoms with Crippen molar-refractivity contribution in [2.45, 2.75) is 103 Å². The lowest BCUT2D eigenvalue weighted by Gasteiger charge is -2.14. The van der Waals surface area contributed by atoms with Gasteiger partial charge in [-0.2, -0.15) is 5.10 Å². The van der Waals surface area contributed by atoms with Gasteiger partial charge in [-0.15, -0.1) is 9.73 Å². The highest BCUT2D eigenvalue weighted by atomic mass is 35.5. The molecule has 0 spiro atoms. The predicted molar refractivity (Wildman–Crippen MR) is 146 cm³/mol. The third-order valence-electron chi connectivity index (χ3n) is 6.35. The zero-order valence-corrected chi connectivity index (χ0v) is 23.3. The lowest BCUT2D eigenvalue weighted by molar-refractivity contribution is 0.557. The Morgan fingerprint density at radius 2 is 1.57 bits per heavy atom. The van der Waals surface area contributed by atoms with Crippen LogP contribution in [-0.4, -0.2) is 34.0 Å². The van der Waals surface area contributed by atoms with Crippen LogP contribution >= 0.6 is 11.6 Å². The van der Waals surface area contributed by atoms with E-state index in [0.29, 0.717) is 16.5 Å². The fraction of sp³-hybridized carbons (Fsp3) is 0.630. The van der Waals surface area contributed by atoms with Crippen LogP contribution in [0, 0.1) is 0 Å². The average Bonchev–Trinajstić information content (AvgIpc) is 3.34. The van der Waals surface area contributed by atoms with E-state index in [1.165, 1.54) is 49.6 Å². The number of nitrogens with one attached hydrogen (secondary N) is 1. The molecule has 1 aromatic carbocycles. The minimum absolute atomic E-state index is 0.0467. The van der Waals surface area contributed by atoms with Gasteiger partial charge in [-0.05, 0) is 18.1 Å². The molecule has 0 fully saturated rings. The van der Waals surface area contributed by atoms with Crippen LogP contribution in [-0.2, 0) is 21.0 Å². The number of hydrogen-bond donors (Lipinski definition) is 1. The molecule has 0 aliphatic rings. The van der Waals surface area contributed by atoms with E-state index in [0.717, 1.165) is 36.1 Å². The molecule has 1 N–H and O–H groups in total. The van der Waals surface area contributed by atoms with E-state index in [1.807, 2.05) is 24.3 Å². The van der Waals surface area contributed by atoms with Crippen molar-refractivity contribution in [1.82, 2.24) is 19.8 Å². The van der Waals surface area contributed by atoms with Crippen LogP contribution in [0.4, 0.5) is 0 Å². The van der Waals surface area contributed by atoms with Crippen molar-refractivity contribution < 1.29 is 8.42 Å². The number of aromatic nitrogens is 4. The largest absolute Gasteiger partial charge is 0.320 e. The molecule has 194 valence electrons. The first-order valence-electron chi connectivity index (χ1n) is 13.1. The number of benzene rings is 1. The van der Waals surface area contributed by atoms with Crippen molar-refractivity contribution in [3.63, 3.8) is 0 Å². The third kappa shape index (κ3) is 8.07. The number of H-pyrrole nitrogens is 1. The summed E-state index contributed by atoms with van der Waals surface area (Å²) < 4.78 is 26.9. The van der Waals surface area contributed by atoms with E-state index in [9.17, 15) is 8.42 Å². The second-order valence-corrected chi connectivity index (χ2v) is 13.3. The summed E-state index contributed by atoms with van der Waals surface area (Å²) >= 11 is 6.54. The second kappa shape index (κ2) is 12.4. The van der Waals surface area contributed by atoms with E-state index in [1.54, 1.807) is 0 Å². The highest BCUT2D eigenvalue weighted by Crippen LogP contribution is 2.32. The van der Waals surface area contributed by atoms with E-state index < -0.39 is 9.84 Å². The molecule has 0 aliphatic heterocycles. The molecule has 2 aromatic heterocycles. The van der Waals surface area contributed by atoms with Crippen LogP contribution in [0.1, 0.15) is 103 Å². The van der Waals surface area contributed by atoms with Crippen molar-refractivity contribution in [1.29, 1.82) is 0 Å². The molecular formula is C27H41ClN4O2S. The number of sulfone groups is 1. The quantitative estimate of drug-likeness (QED) is 0.223. The Morgan fingerprint density at radius 1 is 0.943 bits per heavy atom. The molecule has 0 saturated heterocycles. The van der Waals surface area contributed by atoms with Crippen LogP contribution in [0.2, 0.25) is 5.02 Å². The van der Waals surface area contributed by atoms with Crippen molar-refractivity contribution in [3.8, 4) is 11.4 Å². The smallest absolute Gasteiger partial charge is 0.175 e. The number of nitrogens with zero attached hydrogens (tertiary/aromatic N) is 3. The van der Waals surface area contributed by atoms with Gasteiger partial charge >= 0.3 is 0 Å². The molecule has 8 heteroatoms. The van der Waals surface area contributed by atoms with Crippen molar-refractivity contribution in [2.75, 3.05) is 5.75 Å². The Kier molecular flexibility index (Phi) is 9.82. The van der Waals surface area contributed by atoms with Gasteiger partial charge in [0.05, 0.1) is 17.2 Å². The van der Waals surface area contributed by atoms with Crippen LogP contribution in [0.15, 0.2) is 24.3 Å². The van der Waals surface area contributed by atoms with Gasteiger partial charge in [0.2, 0.25) is 0 Å². The lowest BCUT2D eigenvalue weighted by atomic mass is 9.92. The third-order valence-corrected chi connectivity index (χ3v) is 8.39. The molecule has 0 amide bonds. The number of hydrogen-bond acceptors (Lipinski definition) is 4. The summed E-state index contributed by atoms with van der Waals surface area (Å²) in [5.41, 5.74) is 2.83. The number of halogens is 1. The Labute approximate surface area is 215 Å². The summed E-state index contributed by atoms with van der Waals surface area (Å²) in [6.45, 7) is 8.41. The molecule has 6 nitrogen and oxygen atoms in total. The molecule has 0 atom stereocenters.